The van der Waals surface area contributed by atoms with Crippen LogP contribution in [-0.2, 0) is 28.7 Å². The molecule has 0 heterocycles. The molecule has 0 aromatic rings. The minimum atomic E-state index is -0.412. The highest BCUT2D eigenvalue weighted by molar-refractivity contribution is 5.78. The summed E-state index contributed by atoms with van der Waals surface area (Å²) in [6.07, 6.45) is 2.50. The summed E-state index contributed by atoms with van der Waals surface area (Å²) < 4.78 is 4.62. The molecule has 0 saturated heterocycles. The first-order valence-electron chi connectivity index (χ1n) is 9.76. The third kappa shape index (κ3) is 16.0. The van der Waals surface area contributed by atoms with Crippen LogP contribution in [0.4, 0.5) is 0 Å². The first kappa shape index (κ1) is 26.4. The van der Waals surface area contributed by atoms with Crippen molar-refractivity contribution in [2.75, 3.05) is 20.2 Å². The van der Waals surface area contributed by atoms with Crippen LogP contribution in [0.15, 0.2) is 0 Å². The summed E-state index contributed by atoms with van der Waals surface area (Å²) in [5, 5.41) is 10.9. The Morgan fingerprint density at radius 1 is 0.724 bits per heavy atom. The average Bonchev–Trinajstić information content (AvgIpc) is 2.60. The van der Waals surface area contributed by atoms with Gasteiger partial charge in [0, 0.05) is 52.4 Å². The van der Waals surface area contributed by atoms with Crippen LogP contribution in [0.25, 0.3) is 0 Å². The Hall–Kier alpha value is -2.65. The molecule has 4 N–H and O–H groups in total. The van der Waals surface area contributed by atoms with Crippen molar-refractivity contribution in [3.63, 3.8) is 0 Å². The molecule has 29 heavy (non-hydrogen) atoms. The molecular formula is C19H34N4O6. The lowest BCUT2D eigenvalue weighted by atomic mass is 10.1. The second-order valence-electron chi connectivity index (χ2n) is 6.90. The lowest BCUT2D eigenvalue weighted by Crippen LogP contribution is -2.39. The van der Waals surface area contributed by atoms with Gasteiger partial charge in [-0.15, -0.1) is 0 Å². The van der Waals surface area contributed by atoms with Gasteiger partial charge in [-0.25, -0.2) is 0 Å². The maximum Gasteiger partial charge on any atom is 0.307 e. The minimum Gasteiger partial charge on any atom is -0.469 e. The molecule has 0 saturated carbocycles. The van der Waals surface area contributed by atoms with Gasteiger partial charge < -0.3 is 26.0 Å². The van der Waals surface area contributed by atoms with Crippen molar-refractivity contribution >= 4 is 29.6 Å². The number of amides is 4. The van der Waals surface area contributed by atoms with Crippen molar-refractivity contribution in [3.8, 4) is 0 Å². The number of rotatable bonds is 14. The highest BCUT2D eigenvalue weighted by Gasteiger charge is 2.17. The van der Waals surface area contributed by atoms with Gasteiger partial charge in [0.15, 0.2) is 0 Å². The Morgan fingerprint density at radius 2 is 1.21 bits per heavy atom. The number of hydrogen-bond acceptors (Lipinski definition) is 6. The van der Waals surface area contributed by atoms with Gasteiger partial charge in [-0.05, 0) is 25.7 Å². The van der Waals surface area contributed by atoms with Crippen LogP contribution >= 0.6 is 0 Å². The van der Waals surface area contributed by atoms with Crippen molar-refractivity contribution in [1.29, 1.82) is 0 Å². The first-order chi connectivity index (χ1) is 13.6. The van der Waals surface area contributed by atoms with E-state index in [1.807, 2.05) is 0 Å². The molecule has 10 nitrogen and oxygen atoms in total. The van der Waals surface area contributed by atoms with Gasteiger partial charge in [-0.3, -0.25) is 24.0 Å². The van der Waals surface area contributed by atoms with Crippen LogP contribution in [0.1, 0.15) is 59.3 Å². The molecule has 0 unspecified atom stereocenters. The fourth-order valence-corrected chi connectivity index (χ4v) is 2.80. The van der Waals surface area contributed by atoms with Crippen LogP contribution in [-0.4, -0.2) is 61.9 Å². The molecule has 0 aliphatic carbocycles. The van der Waals surface area contributed by atoms with E-state index in [0.717, 1.165) is 0 Å². The molecule has 0 aliphatic rings. The van der Waals surface area contributed by atoms with Crippen molar-refractivity contribution in [2.45, 2.75) is 71.4 Å². The maximum atomic E-state index is 12.1. The van der Waals surface area contributed by atoms with E-state index >= 15 is 0 Å². The van der Waals surface area contributed by atoms with Crippen LogP contribution in [0.3, 0.4) is 0 Å². The Bertz CT molecular complexity index is 567. The predicted molar refractivity (Wildman–Crippen MR) is 107 cm³/mol. The molecule has 0 radical (unpaired) electrons. The minimum absolute atomic E-state index is 0.0724. The summed E-state index contributed by atoms with van der Waals surface area (Å²) in [5.74, 6) is -1.19. The summed E-state index contributed by atoms with van der Waals surface area (Å²) in [4.78, 5) is 57.0. The Labute approximate surface area is 171 Å². The smallest absolute Gasteiger partial charge is 0.307 e. The molecule has 4 amide bonds. The van der Waals surface area contributed by atoms with Gasteiger partial charge in [-0.1, -0.05) is 0 Å². The highest BCUT2D eigenvalue weighted by atomic mass is 16.5. The quantitative estimate of drug-likeness (QED) is 0.228. The second-order valence-corrected chi connectivity index (χ2v) is 6.90. The normalized spacial score (nSPS) is 12.3. The van der Waals surface area contributed by atoms with Gasteiger partial charge in [0.25, 0.3) is 0 Å². The van der Waals surface area contributed by atoms with E-state index in [9.17, 15) is 24.0 Å². The van der Waals surface area contributed by atoms with E-state index in [4.69, 9.17) is 0 Å². The number of methoxy groups -OCH3 is 1. The monoisotopic (exact) mass is 414 g/mol. The fraction of sp³-hybridized carbons (Fsp3) is 0.737. The molecule has 0 bridgehead atoms. The maximum absolute atomic E-state index is 12.1. The van der Waals surface area contributed by atoms with E-state index in [-0.39, 0.29) is 48.6 Å². The number of ether oxygens (including phenoxy) is 1. The predicted octanol–water partition coefficient (Wildman–Crippen LogP) is -0.238. The lowest BCUT2D eigenvalue weighted by Gasteiger charge is -2.19. The third-order valence-corrected chi connectivity index (χ3v) is 4.04. The van der Waals surface area contributed by atoms with Gasteiger partial charge in [0.05, 0.1) is 13.5 Å². The number of carbonyl (C=O) groups excluding carboxylic acids is 5. The summed E-state index contributed by atoms with van der Waals surface area (Å²) in [7, 11) is 1.29. The Morgan fingerprint density at radius 3 is 1.66 bits per heavy atom. The highest BCUT2D eigenvalue weighted by Crippen LogP contribution is 2.05. The van der Waals surface area contributed by atoms with E-state index in [1.165, 1.54) is 27.9 Å². The number of carbonyl (C=O) groups is 5. The SMILES string of the molecule is COC(=O)C[C@H](CCCNC(=O)C[C@H](CCCNC(C)=O)NC(C)=O)NC(C)=O. The van der Waals surface area contributed by atoms with E-state index in [1.54, 1.807) is 0 Å². The van der Waals surface area contributed by atoms with Crippen LogP contribution in [0.5, 0.6) is 0 Å². The molecule has 10 heteroatoms. The third-order valence-electron chi connectivity index (χ3n) is 4.04. The molecule has 0 aromatic heterocycles. The second kappa shape index (κ2) is 15.3. The number of esters is 1. The zero-order valence-electron chi connectivity index (χ0n) is 17.8. The zero-order chi connectivity index (χ0) is 22.2. The summed E-state index contributed by atoms with van der Waals surface area (Å²) in [5.41, 5.74) is 0. The number of nitrogens with one attached hydrogen (secondary N) is 4. The van der Waals surface area contributed by atoms with Crippen LogP contribution < -0.4 is 21.3 Å². The van der Waals surface area contributed by atoms with Crippen molar-refractivity contribution in [2.24, 2.45) is 0 Å². The van der Waals surface area contributed by atoms with E-state index in [2.05, 4.69) is 26.0 Å². The Balaban J connectivity index is 4.31. The van der Waals surface area contributed by atoms with E-state index < -0.39 is 5.97 Å². The van der Waals surface area contributed by atoms with E-state index in [0.29, 0.717) is 38.8 Å². The molecular weight excluding hydrogens is 380 g/mol. The first-order valence-corrected chi connectivity index (χ1v) is 9.76. The van der Waals surface area contributed by atoms with Crippen LogP contribution in [0, 0.1) is 0 Å². The van der Waals surface area contributed by atoms with Gasteiger partial charge in [0.2, 0.25) is 23.6 Å². The van der Waals surface area contributed by atoms with Gasteiger partial charge in [-0.2, -0.15) is 0 Å². The zero-order valence-corrected chi connectivity index (χ0v) is 17.8. The standard InChI is InChI=1S/C19H34N4O6/c1-13(24)20-9-5-7-16(22-14(2)25)11-18(27)21-10-6-8-17(23-15(3)26)12-19(28)29-4/h16-17H,5-12H2,1-4H3,(H,20,24)(H,21,27)(H,22,25)(H,23,26)/t16-,17-/m0/s1. The summed E-state index contributed by atoms with van der Waals surface area (Å²) in [6, 6.07) is -0.662. The number of hydrogen-bond donors (Lipinski definition) is 4. The summed E-state index contributed by atoms with van der Waals surface area (Å²) >= 11 is 0. The fourth-order valence-electron chi connectivity index (χ4n) is 2.80. The lowest BCUT2D eigenvalue weighted by molar-refractivity contribution is -0.141. The van der Waals surface area contributed by atoms with Crippen molar-refractivity contribution < 1.29 is 28.7 Å². The van der Waals surface area contributed by atoms with Gasteiger partial charge in [0.1, 0.15) is 0 Å². The molecule has 2 atom stereocenters. The topological polar surface area (TPSA) is 143 Å². The molecule has 0 aromatic carbocycles. The largest absolute Gasteiger partial charge is 0.469 e. The Kier molecular flexibility index (Phi) is 13.9. The van der Waals surface area contributed by atoms with Crippen molar-refractivity contribution in [3.05, 3.63) is 0 Å². The molecule has 0 fully saturated rings. The molecule has 0 spiro atoms. The van der Waals surface area contributed by atoms with Crippen LogP contribution in [0.2, 0.25) is 0 Å². The molecule has 0 rings (SSSR count). The molecule has 0 aliphatic heterocycles. The van der Waals surface area contributed by atoms with Gasteiger partial charge >= 0.3 is 5.97 Å². The average molecular weight is 415 g/mol. The molecule has 166 valence electrons. The van der Waals surface area contributed by atoms with Crippen molar-refractivity contribution in [1.82, 2.24) is 21.3 Å². The summed E-state index contributed by atoms with van der Waals surface area (Å²) in [6.45, 7) is 5.06.